The van der Waals surface area contributed by atoms with Crippen molar-refractivity contribution >= 4 is 44.3 Å². The van der Waals surface area contributed by atoms with Crippen molar-refractivity contribution in [3.8, 4) is 11.4 Å². The van der Waals surface area contributed by atoms with Crippen LogP contribution in [-0.4, -0.2) is 16.5 Å². The van der Waals surface area contributed by atoms with Crippen molar-refractivity contribution in [2.45, 2.75) is 20.3 Å². The minimum atomic E-state index is -0.284. The van der Waals surface area contributed by atoms with E-state index in [2.05, 4.69) is 60.7 Å². The first-order chi connectivity index (χ1) is 9.56. The third-order valence-corrected chi connectivity index (χ3v) is 4.56. The molecule has 6 heteroatoms. The van der Waals surface area contributed by atoms with Gasteiger partial charge in [-0.15, -0.1) is 0 Å². The van der Waals surface area contributed by atoms with Gasteiger partial charge in [0.1, 0.15) is 11.6 Å². The molecule has 3 nitrogen and oxygen atoms in total. The lowest BCUT2D eigenvalue weighted by Gasteiger charge is -2.12. The molecule has 0 aliphatic carbocycles. The first-order valence-corrected chi connectivity index (χ1v) is 8.19. The number of halogens is 3. The summed E-state index contributed by atoms with van der Waals surface area (Å²) >= 11 is 5.63. The van der Waals surface area contributed by atoms with Crippen molar-refractivity contribution in [2.24, 2.45) is 0 Å². The van der Waals surface area contributed by atoms with Crippen LogP contribution in [0.5, 0.6) is 0 Å². The monoisotopic (exact) mass is 449 g/mol. The predicted molar refractivity (Wildman–Crippen MR) is 91.4 cm³/mol. The first-order valence-electron chi connectivity index (χ1n) is 6.32. The minimum Gasteiger partial charge on any atom is -0.369 e. The smallest absolute Gasteiger partial charge is 0.162 e. The highest BCUT2D eigenvalue weighted by Gasteiger charge is 2.14. The number of nitrogens with one attached hydrogen (secondary N) is 1. The Labute approximate surface area is 139 Å². The van der Waals surface area contributed by atoms with Gasteiger partial charge in [-0.05, 0) is 70.1 Å². The highest BCUT2D eigenvalue weighted by molar-refractivity contribution is 14.1. The molecule has 0 spiro atoms. The second-order valence-electron chi connectivity index (χ2n) is 4.16. The zero-order chi connectivity index (χ0) is 14.7. The molecule has 0 amide bonds. The predicted octanol–water partition coefficient (Wildman–Crippen LogP) is 4.64. The molecule has 0 fully saturated rings. The quantitative estimate of drug-likeness (QED) is 0.690. The van der Waals surface area contributed by atoms with Crippen LogP contribution in [0.2, 0.25) is 0 Å². The van der Waals surface area contributed by atoms with Crippen LogP contribution in [0.1, 0.15) is 19.5 Å². The minimum absolute atomic E-state index is 0.284. The van der Waals surface area contributed by atoms with Gasteiger partial charge in [0.05, 0.1) is 9.26 Å². The Morgan fingerprint density at radius 3 is 2.65 bits per heavy atom. The number of nitrogens with zero attached hydrogens (tertiary/aromatic N) is 2. The van der Waals surface area contributed by atoms with Gasteiger partial charge < -0.3 is 5.32 Å². The largest absolute Gasteiger partial charge is 0.369 e. The molecule has 0 aliphatic heterocycles. The molecule has 0 unspecified atom stereocenters. The molecule has 0 atom stereocenters. The Hall–Kier alpha value is -0.760. The molecule has 20 heavy (non-hydrogen) atoms. The number of aryl methyl sites for hydroxylation is 1. The van der Waals surface area contributed by atoms with E-state index in [1.807, 2.05) is 6.92 Å². The lowest BCUT2D eigenvalue weighted by molar-refractivity contribution is 0.627. The van der Waals surface area contributed by atoms with E-state index < -0.39 is 0 Å². The van der Waals surface area contributed by atoms with Crippen molar-refractivity contribution in [1.82, 2.24) is 9.97 Å². The van der Waals surface area contributed by atoms with Crippen molar-refractivity contribution in [2.75, 3.05) is 11.9 Å². The highest BCUT2D eigenvalue weighted by Crippen LogP contribution is 2.29. The molecule has 1 aromatic heterocycles. The Kier molecular flexibility index (Phi) is 5.31. The zero-order valence-corrected chi connectivity index (χ0v) is 14.9. The SMILES string of the molecule is CCNc1nc(-c2ccc(F)cc2Br)nc(CC)c1I. The van der Waals surface area contributed by atoms with E-state index in [-0.39, 0.29) is 5.82 Å². The molecule has 1 aromatic carbocycles. The highest BCUT2D eigenvalue weighted by atomic mass is 127. The van der Waals surface area contributed by atoms with Gasteiger partial charge in [-0.1, -0.05) is 6.92 Å². The van der Waals surface area contributed by atoms with Gasteiger partial charge in [0.2, 0.25) is 0 Å². The lowest BCUT2D eigenvalue weighted by Crippen LogP contribution is -2.07. The molecule has 0 aliphatic rings. The fourth-order valence-corrected chi connectivity index (χ4v) is 3.15. The summed E-state index contributed by atoms with van der Waals surface area (Å²) in [6.07, 6.45) is 0.824. The summed E-state index contributed by atoms with van der Waals surface area (Å²) < 4.78 is 14.9. The van der Waals surface area contributed by atoms with Crippen LogP contribution < -0.4 is 5.32 Å². The average molecular weight is 450 g/mol. The topological polar surface area (TPSA) is 37.8 Å². The van der Waals surface area contributed by atoms with E-state index in [4.69, 9.17) is 0 Å². The summed E-state index contributed by atoms with van der Waals surface area (Å²) in [6.45, 7) is 4.88. The summed E-state index contributed by atoms with van der Waals surface area (Å²) in [4.78, 5) is 9.13. The molecule has 1 heterocycles. The van der Waals surface area contributed by atoms with Crippen LogP contribution in [0.4, 0.5) is 10.2 Å². The van der Waals surface area contributed by atoms with Gasteiger partial charge in [0, 0.05) is 16.6 Å². The van der Waals surface area contributed by atoms with Crippen molar-refractivity contribution < 1.29 is 4.39 Å². The van der Waals surface area contributed by atoms with Crippen molar-refractivity contribution in [3.63, 3.8) is 0 Å². The van der Waals surface area contributed by atoms with E-state index in [9.17, 15) is 4.39 Å². The molecular formula is C14H14BrFIN3. The molecule has 0 radical (unpaired) electrons. The molecule has 106 valence electrons. The third-order valence-electron chi connectivity index (χ3n) is 2.77. The van der Waals surface area contributed by atoms with E-state index in [0.29, 0.717) is 10.3 Å². The molecule has 0 saturated heterocycles. The van der Waals surface area contributed by atoms with E-state index in [1.165, 1.54) is 12.1 Å². The van der Waals surface area contributed by atoms with Crippen LogP contribution >= 0.6 is 38.5 Å². The molecule has 2 aromatic rings. The second kappa shape index (κ2) is 6.80. The Bertz CT molecular complexity index is 634. The van der Waals surface area contributed by atoms with Crippen LogP contribution in [0.3, 0.4) is 0 Å². The van der Waals surface area contributed by atoms with Gasteiger partial charge in [0.15, 0.2) is 5.82 Å². The van der Waals surface area contributed by atoms with Crippen LogP contribution in [0, 0.1) is 9.39 Å². The number of aromatic nitrogens is 2. The van der Waals surface area contributed by atoms with Gasteiger partial charge in [-0.2, -0.15) is 0 Å². The van der Waals surface area contributed by atoms with Crippen LogP contribution in [0.25, 0.3) is 11.4 Å². The average Bonchev–Trinajstić information content (AvgIpc) is 2.41. The maximum Gasteiger partial charge on any atom is 0.162 e. The summed E-state index contributed by atoms with van der Waals surface area (Å²) in [5.41, 5.74) is 1.78. The molecule has 2 rings (SSSR count). The Balaban J connectivity index is 2.58. The van der Waals surface area contributed by atoms with E-state index in [0.717, 1.165) is 33.6 Å². The lowest BCUT2D eigenvalue weighted by atomic mass is 10.2. The van der Waals surface area contributed by atoms with Gasteiger partial charge >= 0.3 is 0 Å². The second-order valence-corrected chi connectivity index (χ2v) is 6.10. The summed E-state index contributed by atoms with van der Waals surface area (Å²) in [5.74, 6) is 1.14. The van der Waals surface area contributed by atoms with Gasteiger partial charge in [0.25, 0.3) is 0 Å². The third kappa shape index (κ3) is 3.28. The van der Waals surface area contributed by atoms with Crippen molar-refractivity contribution in [3.05, 3.63) is 37.8 Å². The fraction of sp³-hybridized carbons (Fsp3) is 0.286. The van der Waals surface area contributed by atoms with Gasteiger partial charge in [-0.25, -0.2) is 14.4 Å². The van der Waals surface area contributed by atoms with Crippen LogP contribution in [-0.2, 0) is 6.42 Å². The number of hydrogen-bond acceptors (Lipinski definition) is 3. The van der Waals surface area contributed by atoms with Crippen LogP contribution in [0.15, 0.2) is 22.7 Å². The Morgan fingerprint density at radius 1 is 1.30 bits per heavy atom. The molecular weight excluding hydrogens is 436 g/mol. The number of hydrogen-bond donors (Lipinski definition) is 1. The number of benzene rings is 1. The maximum absolute atomic E-state index is 13.2. The van der Waals surface area contributed by atoms with E-state index >= 15 is 0 Å². The zero-order valence-electron chi connectivity index (χ0n) is 11.2. The number of anilines is 1. The molecule has 0 saturated carbocycles. The summed E-state index contributed by atoms with van der Waals surface area (Å²) in [6, 6.07) is 4.53. The summed E-state index contributed by atoms with van der Waals surface area (Å²) in [7, 11) is 0. The summed E-state index contributed by atoms with van der Waals surface area (Å²) in [5, 5.41) is 3.24. The fourth-order valence-electron chi connectivity index (χ4n) is 1.80. The Morgan fingerprint density at radius 2 is 2.05 bits per heavy atom. The van der Waals surface area contributed by atoms with E-state index in [1.54, 1.807) is 6.07 Å². The normalized spacial score (nSPS) is 10.7. The van der Waals surface area contributed by atoms with Crippen molar-refractivity contribution in [1.29, 1.82) is 0 Å². The number of rotatable bonds is 4. The standard InChI is InChI=1S/C14H14BrFIN3/c1-3-11-12(17)14(18-4-2)20-13(19-11)9-6-5-8(16)7-10(9)15/h5-7H,3-4H2,1-2H3,(H,18,19,20). The molecule has 1 N–H and O–H groups in total. The maximum atomic E-state index is 13.2. The van der Waals surface area contributed by atoms with Gasteiger partial charge in [-0.3, -0.25) is 0 Å². The molecule has 0 bridgehead atoms. The first kappa shape index (κ1) is 15.6.